The van der Waals surface area contributed by atoms with Gasteiger partial charge in [-0.3, -0.25) is 0 Å². The van der Waals surface area contributed by atoms with Crippen molar-refractivity contribution in [1.82, 2.24) is 0 Å². The number of hydrogen-bond donors (Lipinski definition) is 0. The number of hydrogen-bond acceptors (Lipinski definition) is 2. The predicted molar refractivity (Wildman–Crippen MR) is 220 cm³/mol. The fraction of sp³-hybridized carbons (Fsp3) is 0. The van der Waals surface area contributed by atoms with Crippen molar-refractivity contribution in [3.8, 4) is 33.4 Å². The maximum atomic E-state index is 6.39. The van der Waals surface area contributed by atoms with Gasteiger partial charge in [-0.15, -0.1) is 0 Å². The summed E-state index contributed by atoms with van der Waals surface area (Å²) in [5.74, 6) is 0. The fourth-order valence-corrected chi connectivity index (χ4v) is 7.61. The quantitative estimate of drug-likeness (QED) is 0.176. The molecule has 0 aliphatic heterocycles. The third-order valence-corrected chi connectivity index (χ3v) is 10.2. The van der Waals surface area contributed by atoms with Crippen molar-refractivity contribution in [3.05, 3.63) is 200 Å². The fourth-order valence-electron chi connectivity index (χ4n) is 7.61. The van der Waals surface area contributed by atoms with Crippen LogP contribution in [-0.2, 0) is 0 Å². The molecule has 244 valence electrons. The molecule has 1 aromatic heterocycles. The summed E-state index contributed by atoms with van der Waals surface area (Å²) in [5.41, 5.74) is 12.1. The Labute approximate surface area is 302 Å². The van der Waals surface area contributed by atoms with Gasteiger partial charge in [0, 0.05) is 16.8 Å². The standard InChI is InChI=1S/C50H33NO/c1-3-12-38-30-42(28-26-34(38)10-1)37-24-22-36(23-25-37)40-14-7-16-44(32-40)51(47-19-9-21-49-50(47)46-18-5-6-20-48(46)52-49)45-17-8-15-41(33-45)43-29-27-35-11-2-4-13-39(35)31-43/h1-33H. The van der Waals surface area contributed by atoms with Crippen LogP contribution in [0.1, 0.15) is 0 Å². The first-order valence-corrected chi connectivity index (χ1v) is 17.7. The van der Waals surface area contributed by atoms with Crippen LogP contribution in [0, 0.1) is 0 Å². The van der Waals surface area contributed by atoms with Crippen LogP contribution < -0.4 is 4.90 Å². The Balaban J connectivity index is 1.10. The highest BCUT2D eigenvalue weighted by molar-refractivity contribution is 6.13. The van der Waals surface area contributed by atoms with Gasteiger partial charge in [-0.2, -0.15) is 0 Å². The Bertz CT molecular complexity index is 2920. The average Bonchev–Trinajstić information content (AvgIpc) is 3.60. The van der Waals surface area contributed by atoms with Crippen molar-refractivity contribution < 1.29 is 4.42 Å². The number of fused-ring (bicyclic) bond motifs is 5. The minimum Gasteiger partial charge on any atom is -0.456 e. The van der Waals surface area contributed by atoms with Gasteiger partial charge in [-0.1, -0.05) is 146 Å². The van der Waals surface area contributed by atoms with Crippen LogP contribution in [0.4, 0.5) is 17.1 Å². The van der Waals surface area contributed by atoms with E-state index in [4.69, 9.17) is 4.42 Å². The zero-order valence-corrected chi connectivity index (χ0v) is 28.4. The SMILES string of the molecule is c1cc(-c2ccc(-c3ccc4ccccc4c3)cc2)cc(N(c2cccc(-c3ccc4ccccc4c3)c2)c2cccc3oc4ccccc4c23)c1. The van der Waals surface area contributed by atoms with Crippen LogP contribution >= 0.6 is 0 Å². The molecule has 0 saturated carbocycles. The van der Waals surface area contributed by atoms with Gasteiger partial charge in [-0.25, -0.2) is 0 Å². The summed E-state index contributed by atoms with van der Waals surface area (Å²) in [4.78, 5) is 2.38. The molecule has 0 N–H and O–H groups in total. The summed E-state index contributed by atoms with van der Waals surface area (Å²) >= 11 is 0. The number of benzene rings is 9. The molecule has 0 radical (unpaired) electrons. The zero-order valence-electron chi connectivity index (χ0n) is 28.4. The van der Waals surface area contributed by atoms with Gasteiger partial charge in [0.05, 0.1) is 11.1 Å². The second-order valence-corrected chi connectivity index (χ2v) is 13.4. The van der Waals surface area contributed by atoms with E-state index < -0.39 is 0 Å². The third-order valence-electron chi connectivity index (χ3n) is 10.2. The molecule has 2 nitrogen and oxygen atoms in total. The molecule has 0 unspecified atom stereocenters. The van der Waals surface area contributed by atoms with E-state index in [0.29, 0.717) is 0 Å². The van der Waals surface area contributed by atoms with Gasteiger partial charge in [0.2, 0.25) is 0 Å². The van der Waals surface area contributed by atoms with Crippen molar-refractivity contribution in [3.63, 3.8) is 0 Å². The number of para-hydroxylation sites is 1. The molecule has 0 atom stereocenters. The molecule has 10 rings (SSSR count). The summed E-state index contributed by atoms with van der Waals surface area (Å²) < 4.78 is 6.39. The van der Waals surface area contributed by atoms with Crippen LogP contribution in [0.2, 0.25) is 0 Å². The molecule has 0 fully saturated rings. The Morgan fingerprint density at radius 3 is 1.40 bits per heavy atom. The van der Waals surface area contributed by atoms with Crippen LogP contribution in [0.25, 0.3) is 76.9 Å². The molecule has 0 saturated heterocycles. The van der Waals surface area contributed by atoms with E-state index in [1.54, 1.807) is 0 Å². The largest absolute Gasteiger partial charge is 0.456 e. The van der Waals surface area contributed by atoms with Crippen LogP contribution in [0.3, 0.4) is 0 Å². The van der Waals surface area contributed by atoms with Crippen molar-refractivity contribution in [2.75, 3.05) is 4.90 Å². The third kappa shape index (κ3) is 5.30. The Morgan fingerprint density at radius 1 is 0.308 bits per heavy atom. The summed E-state index contributed by atoms with van der Waals surface area (Å²) in [6, 6.07) is 71.8. The van der Waals surface area contributed by atoms with Crippen molar-refractivity contribution in [2.45, 2.75) is 0 Å². The molecular formula is C50H33NO. The number of rotatable bonds is 6. The van der Waals surface area contributed by atoms with E-state index >= 15 is 0 Å². The highest BCUT2D eigenvalue weighted by Crippen LogP contribution is 2.44. The zero-order chi connectivity index (χ0) is 34.4. The van der Waals surface area contributed by atoms with Crippen LogP contribution in [-0.4, -0.2) is 0 Å². The topological polar surface area (TPSA) is 16.4 Å². The van der Waals surface area contributed by atoms with Crippen LogP contribution in [0.5, 0.6) is 0 Å². The van der Waals surface area contributed by atoms with Gasteiger partial charge in [0.25, 0.3) is 0 Å². The van der Waals surface area contributed by atoms with E-state index in [1.807, 2.05) is 12.1 Å². The van der Waals surface area contributed by atoms with E-state index in [-0.39, 0.29) is 0 Å². The number of furan rings is 1. The smallest absolute Gasteiger partial charge is 0.137 e. The van der Waals surface area contributed by atoms with E-state index in [2.05, 4.69) is 193 Å². The normalized spacial score (nSPS) is 11.5. The van der Waals surface area contributed by atoms with Gasteiger partial charge in [0.1, 0.15) is 11.2 Å². The van der Waals surface area contributed by atoms with Gasteiger partial charge >= 0.3 is 0 Å². The molecule has 0 bridgehead atoms. The molecule has 0 spiro atoms. The van der Waals surface area contributed by atoms with Gasteiger partial charge < -0.3 is 9.32 Å². The minimum absolute atomic E-state index is 0.870. The molecule has 10 aromatic rings. The second-order valence-electron chi connectivity index (χ2n) is 13.4. The molecule has 0 amide bonds. The van der Waals surface area contributed by atoms with Crippen molar-refractivity contribution >= 4 is 60.5 Å². The lowest BCUT2D eigenvalue weighted by Crippen LogP contribution is -2.10. The van der Waals surface area contributed by atoms with Gasteiger partial charge in [0.15, 0.2) is 0 Å². The van der Waals surface area contributed by atoms with E-state index in [0.717, 1.165) is 50.1 Å². The lowest BCUT2D eigenvalue weighted by molar-refractivity contribution is 0.669. The maximum Gasteiger partial charge on any atom is 0.137 e. The second kappa shape index (κ2) is 12.5. The monoisotopic (exact) mass is 663 g/mol. The first kappa shape index (κ1) is 30.0. The molecule has 0 aliphatic rings. The minimum atomic E-state index is 0.870. The highest BCUT2D eigenvalue weighted by atomic mass is 16.3. The first-order chi connectivity index (χ1) is 25.7. The Morgan fingerprint density at radius 2 is 0.769 bits per heavy atom. The summed E-state index contributed by atoms with van der Waals surface area (Å²) in [7, 11) is 0. The first-order valence-electron chi connectivity index (χ1n) is 17.7. The molecule has 9 aromatic carbocycles. The highest BCUT2D eigenvalue weighted by Gasteiger charge is 2.20. The van der Waals surface area contributed by atoms with Crippen LogP contribution in [0.15, 0.2) is 205 Å². The maximum absolute atomic E-state index is 6.39. The van der Waals surface area contributed by atoms with Crippen molar-refractivity contribution in [1.29, 1.82) is 0 Å². The number of anilines is 3. The molecule has 52 heavy (non-hydrogen) atoms. The molecule has 2 heteroatoms. The van der Waals surface area contributed by atoms with Crippen molar-refractivity contribution in [2.24, 2.45) is 0 Å². The summed E-state index contributed by atoms with van der Waals surface area (Å²) in [6.07, 6.45) is 0. The van der Waals surface area contributed by atoms with E-state index in [1.165, 1.54) is 43.8 Å². The van der Waals surface area contributed by atoms with Gasteiger partial charge in [-0.05, 0) is 110 Å². The van der Waals surface area contributed by atoms with E-state index in [9.17, 15) is 0 Å². The Kier molecular flexibility index (Phi) is 7.18. The molecule has 0 aliphatic carbocycles. The molecular weight excluding hydrogens is 631 g/mol. The summed E-state index contributed by atoms with van der Waals surface area (Å²) in [5, 5.41) is 7.18. The molecule has 1 heterocycles. The number of nitrogens with zero attached hydrogens (tertiary/aromatic N) is 1. The average molecular weight is 664 g/mol. The summed E-state index contributed by atoms with van der Waals surface area (Å²) in [6.45, 7) is 0. The predicted octanol–water partition coefficient (Wildman–Crippen LogP) is 14.4. The lowest BCUT2D eigenvalue weighted by Gasteiger charge is -2.27. The lowest BCUT2D eigenvalue weighted by atomic mass is 9.97. The Hall–Kier alpha value is -6.90.